The molecule has 616 valence electrons. The molecule has 4 N–H and O–H groups in total. The van der Waals surface area contributed by atoms with Gasteiger partial charge in [0.2, 0.25) is 41.9 Å². The number of amides is 2. The van der Waals surface area contributed by atoms with E-state index in [1.807, 2.05) is 163 Å². The summed E-state index contributed by atoms with van der Waals surface area (Å²) in [4.78, 5) is 53.3. The van der Waals surface area contributed by atoms with Crippen molar-refractivity contribution in [2.45, 2.75) is 187 Å². The van der Waals surface area contributed by atoms with Crippen LogP contribution in [0.2, 0.25) is 0 Å². The highest BCUT2D eigenvalue weighted by atomic mass is 32.2. The van der Waals surface area contributed by atoms with Crippen molar-refractivity contribution in [3.8, 4) is 0 Å². The third kappa shape index (κ3) is 1090. The molecule has 0 aromatic carbocycles. The van der Waals surface area contributed by atoms with Gasteiger partial charge in [0, 0.05) is 126 Å². The maximum absolute atomic E-state index is 10.3. The van der Waals surface area contributed by atoms with E-state index < -0.39 is 75.4 Å². The van der Waals surface area contributed by atoms with Crippen LogP contribution in [-0.4, -0.2) is 305 Å². The van der Waals surface area contributed by atoms with Crippen molar-refractivity contribution in [3.05, 3.63) is 0 Å². The molecule has 0 aromatic rings. The first-order valence-electron chi connectivity index (χ1n) is 29.7. The Morgan fingerprint density at radius 2 is 0.458 bits per heavy atom. The SMILES string of the molecule is C.C.CC.CC.CC.CC.CC.CC.CC.CC(=O)N(C)C.CC(=O)O.CC(C)=O.CCC.CCS(C)(=O)=O.CCS(C)(=O)=O.CN(C)C.CN(C)C.CN(C)S(C)(=O)=O.CN(C)S(C)(=O)=O.CNC.CNC(C)=O.CNS(C)(=O)=O.COC(C)=O.CS(C)(=O)=O.CS(C)(=O)=O. The fourth-order valence-corrected chi connectivity index (χ4v) is 0. The van der Waals surface area contributed by atoms with Gasteiger partial charge in [0.15, 0.2) is 0 Å². The van der Waals surface area contributed by atoms with Gasteiger partial charge >= 0.3 is 5.97 Å². The van der Waals surface area contributed by atoms with Crippen LogP contribution in [0.1, 0.15) is 187 Å². The molecule has 0 heterocycles. The van der Waals surface area contributed by atoms with E-state index in [0.717, 1.165) is 59.3 Å². The molecule has 0 bridgehead atoms. The number of carboxylic acids is 1. The molecule has 96 heavy (non-hydrogen) atoms. The van der Waals surface area contributed by atoms with E-state index in [0.29, 0.717) is 0 Å². The van der Waals surface area contributed by atoms with Crippen LogP contribution in [0.25, 0.3) is 0 Å². The highest BCUT2D eigenvalue weighted by Crippen LogP contribution is 1.84. The van der Waals surface area contributed by atoms with Crippen LogP contribution in [0.3, 0.4) is 0 Å². The number of carboxylic acid groups (broad SMARTS) is 1. The molecule has 29 nitrogen and oxygen atoms in total. The monoisotopic (exact) mass is 1560 g/mol. The number of Topliss-reactive ketones (excluding diaryl/α,β-unsaturated/α-hetero) is 1. The first kappa shape index (κ1) is 170. The van der Waals surface area contributed by atoms with Gasteiger partial charge in [0.25, 0.3) is 5.97 Å². The molecule has 0 aromatic heterocycles. The van der Waals surface area contributed by atoms with Gasteiger partial charge in [-0.25, -0.2) is 72.3 Å². The van der Waals surface area contributed by atoms with Crippen LogP contribution < -0.4 is 15.4 Å². The van der Waals surface area contributed by atoms with Crippen molar-refractivity contribution in [1.29, 1.82) is 0 Å². The summed E-state index contributed by atoms with van der Waals surface area (Å²) in [6.45, 7) is 44.0. The average molecular weight is 1560 g/mol. The zero-order valence-corrected chi connectivity index (χ0v) is 75.5. The summed E-state index contributed by atoms with van der Waals surface area (Å²) < 4.78 is 148. The topological polar surface area (TPSA) is 406 Å². The van der Waals surface area contributed by atoms with Crippen molar-refractivity contribution in [2.75, 3.05) is 188 Å². The summed E-state index contributed by atoms with van der Waals surface area (Å²) in [5.74, 6) is -0.329. The Labute approximate surface area is 601 Å². The first-order chi connectivity index (χ1) is 41.5. The Kier molecular flexibility index (Phi) is 234. The molecule has 0 atom stereocenters. The van der Waals surface area contributed by atoms with Gasteiger partial charge in [0.05, 0.1) is 25.9 Å². The zero-order chi connectivity index (χ0) is 84.2. The van der Waals surface area contributed by atoms with Crippen molar-refractivity contribution in [3.63, 3.8) is 0 Å². The Balaban J connectivity index is -0.0000000241. The van der Waals surface area contributed by atoms with E-state index >= 15 is 0 Å². The van der Waals surface area contributed by atoms with Crippen molar-refractivity contribution >= 4 is 99.0 Å². The van der Waals surface area contributed by atoms with Gasteiger partial charge in [-0.2, -0.15) is 0 Å². The van der Waals surface area contributed by atoms with Gasteiger partial charge in [-0.05, 0) is 77.3 Å². The number of carbonyl (C=O) groups is 5. The molecule has 0 aliphatic rings. The maximum Gasteiger partial charge on any atom is 0.302 e. The minimum absolute atomic E-state index is 0. The van der Waals surface area contributed by atoms with Crippen molar-refractivity contribution in [2.24, 2.45) is 0 Å². The molecular formula is C60H168N8O21S7. The van der Waals surface area contributed by atoms with E-state index in [9.17, 15) is 78.1 Å². The van der Waals surface area contributed by atoms with Gasteiger partial charge < -0.3 is 40.0 Å². The fourth-order valence-electron chi connectivity index (χ4n) is 0. The number of carbonyl (C=O) groups excluding carboxylic acids is 4. The molecule has 0 rings (SSSR count). The Morgan fingerprint density at radius 3 is 0.458 bits per heavy atom. The highest BCUT2D eigenvalue weighted by Gasteiger charge is 2.01. The molecule has 0 radical (unpaired) electrons. The van der Waals surface area contributed by atoms with E-state index in [1.165, 1.54) is 101 Å². The Hall–Kier alpha value is -3.04. The van der Waals surface area contributed by atoms with Crippen LogP contribution in [0.4, 0.5) is 0 Å². The lowest BCUT2D eigenvalue weighted by atomic mass is 10.6. The summed E-state index contributed by atoms with van der Waals surface area (Å²) >= 11 is 0. The molecular weight excluding hydrogens is 1390 g/mol. The molecule has 36 heteroatoms. The number of methoxy groups -OCH3 is 1. The number of hydrogen-bond acceptors (Lipinski definition) is 23. The average Bonchev–Trinajstić information content (AvgIpc) is 3.39. The number of rotatable bonds is 5. The largest absolute Gasteiger partial charge is 0.481 e. The lowest BCUT2D eigenvalue weighted by Crippen LogP contribution is -2.19. The standard InChI is InChI=1S/C4H9NO.2C3H9NO2S.C3H7NO.2C3H9N.2C3H8O2S.C3H6O2.C3H6O.C3H8.C2H7NO2S.C2H7N.2C2H6O2S.C2H4O2.7C2H6.2CH4/c1-4(6)5(2)3;2*1-4(2)7(3,5)6;1-3(5)4-2;2*1-4(2)3;2*1-3-6(2,4)5;1-3(4)5-2;1-3(2)4;1-3-2;1-3-6(2,4)5;1-3-2;2*1-5(2,3)4;1-2(3)4;7*1-2;;/h1-3H3;2*1-3H3;1-2H3,(H,4,5);2*1-3H3;2*3H2,1-2H3;1-2H3;1-2H3;3H2,1-2H3;3H,1-2H3;3H,1-2H3;2*1-2H3;1H3,(H,3,4);7*1-2H3;2*1H4. The molecule has 0 aliphatic heterocycles. The van der Waals surface area contributed by atoms with Gasteiger partial charge in [0.1, 0.15) is 45.1 Å². The number of ether oxygens (including phenoxy) is 1. The summed E-state index contributed by atoms with van der Waals surface area (Å²) in [6, 6.07) is 0. The number of hydrogen-bond donors (Lipinski definition) is 4. The van der Waals surface area contributed by atoms with E-state index in [2.05, 4.69) is 33.9 Å². The number of ketones is 1. The predicted molar refractivity (Wildman–Crippen MR) is 428 cm³/mol. The first-order valence-corrected chi connectivity index (χ1v) is 44.0. The summed E-state index contributed by atoms with van der Waals surface area (Å²) in [5.41, 5.74) is 0. The molecule has 0 saturated carbocycles. The Morgan fingerprint density at radius 1 is 0.396 bits per heavy atom. The summed E-state index contributed by atoms with van der Waals surface area (Å²) in [6.07, 6.45) is 11.7. The van der Waals surface area contributed by atoms with E-state index in [4.69, 9.17) is 9.90 Å². The zero-order valence-electron chi connectivity index (χ0n) is 69.8. The molecule has 0 unspecified atom stereocenters. The van der Waals surface area contributed by atoms with Crippen LogP contribution in [0, 0.1) is 0 Å². The minimum Gasteiger partial charge on any atom is -0.481 e. The predicted octanol–water partition coefficient (Wildman–Crippen LogP) is 8.38. The molecule has 0 aliphatic carbocycles. The smallest absolute Gasteiger partial charge is 0.302 e. The molecule has 0 spiro atoms. The Bertz CT molecular complexity index is 2010. The minimum atomic E-state index is -2.91. The molecule has 0 saturated heterocycles. The normalized spacial score (nSPS) is 8.52. The quantitative estimate of drug-likeness (QED) is 0.188. The summed E-state index contributed by atoms with van der Waals surface area (Å²) in [5, 5.41) is 12.6. The molecule has 0 fully saturated rings. The lowest BCUT2D eigenvalue weighted by Gasteiger charge is -2.02. The second-order valence-electron chi connectivity index (χ2n) is 17.0. The van der Waals surface area contributed by atoms with Crippen LogP contribution in [0.5, 0.6) is 0 Å². The van der Waals surface area contributed by atoms with Gasteiger partial charge in [-0.1, -0.05) is 146 Å². The fraction of sp³-hybridized carbons (Fsp3) is 0.917. The van der Waals surface area contributed by atoms with E-state index in [1.54, 1.807) is 35.0 Å². The highest BCUT2D eigenvalue weighted by molar-refractivity contribution is 7.91. The third-order valence-electron chi connectivity index (χ3n) is 4.02. The van der Waals surface area contributed by atoms with Crippen LogP contribution >= 0.6 is 0 Å². The summed E-state index contributed by atoms with van der Waals surface area (Å²) in [7, 11) is 10.1. The number of sulfone groups is 4. The number of nitrogens with zero attached hydrogens (tertiary/aromatic N) is 5. The number of esters is 1. The lowest BCUT2D eigenvalue weighted by molar-refractivity contribution is -0.138. The second kappa shape index (κ2) is 132. The van der Waals surface area contributed by atoms with Crippen LogP contribution in [-0.2, 0) is 98.1 Å². The number of nitrogens with one attached hydrogen (secondary N) is 3. The number of aliphatic carboxylic acids is 1. The van der Waals surface area contributed by atoms with Crippen molar-refractivity contribution in [1.82, 2.24) is 38.7 Å². The van der Waals surface area contributed by atoms with Gasteiger partial charge in [-0.15, -0.1) is 0 Å². The van der Waals surface area contributed by atoms with E-state index in [-0.39, 0.29) is 49.9 Å². The van der Waals surface area contributed by atoms with Crippen molar-refractivity contribution < 1.29 is 92.7 Å². The maximum atomic E-state index is 10.3. The number of sulfonamides is 3. The van der Waals surface area contributed by atoms with Gasteiger partial charge in [-0.3, -0.25) is 19.2 Å². The third-order valence-corrected chi connectivity index (χ3v) is 9.51. The molecule has 2 amide bonds. The van der Waals surface area contributed by atoms with Crippen LogP contribution in [0.15, 0.2) is 0 Å². The second-order valence-corrected chi connectivity index (χ2v) is 32.8.